The largest absolute Gasteiger partial charge is 0.479 e. The summed E-state index contributed by atoms with van der Waals surface area (Å²) in [6, 6.07) is 12.7. The first kappa shape index (κ1) is 19.8. The fourth-order valence-electron chi connectivity index (χ4n) is 3.49. The van der Waals surface area contributed by atoms with E-state index in [2.05, 4.69) is 32.9 Å². The number of aromatic nitrogens is 4. The second kappa shape index (κ2) is 8.86. The van der Waals surface area contributed by atoms with Crippen LogP contribution in [-0.2, 0) is 6.42 Å². The van der Waals surface area contributed by atoms with Crippen LogP contribution < -0.4 is 10.1 Å². The fourth-order valence-corrected chi connectivity index (χ4v) is 3.49. The van der Waals surface area contributed by atoms with E-state index in [1.165, 1.54) is 18.4 Å². The summed E-state index contributed by atoms with van der Waals surface area (Å²) in [5.74, 6) is 0.265. The number of rotatable bonds is 7. The molecule has 1 aliphatic rings. The van der Waals surface area contributed by atoms with E-state index in [9.17, 15) is 9.59 Å². The van der Waals surface area contributed by atoms with Gasteiger partial charge in [0.2, 0.25) is 5.82 Å². The zero-order valence-electron chi connectivity index (χ0n) is 16.7. The van der Waals surface area contributed by atoms with Gasteiger partial charge in [0, 0.05) is 5.56 Å². The average molecular weight is 405 g/mol. The number of carbonyl (C=O) groups is 2. The van der Waals surface area contributed by atoms with E-state index in [1.54, 1.807) is 18.2 Å². The maximum Gasteiger partial charge on any atom is 0.255 e. The number of carbonyl (C=O) groups excluding carboxylic acids is 2. The third-order valence-corrected chi connectivity index (χ3v) is 5.13. The van der Waals surface area contributed by atoms with Crippen molar-refractivity contribution in [1.29, 1.82) is 0 Å². The van der Waals surface area contributed by atoms with Gasteiger partial charge in [-0.15, -0.1) is 10.2 Å². The number of aromatic amines is 1. The number of benzene rings is 2. The Kier molecular flexibility index (Phi) is 5.83. The Morgan fingerprint density at radius 3 is 2.77 bits per heavy atom. The fraction of sp³-hybridized carbons (Fsp3) is 0.318. The van der Waals surface area contributed by atoms with Crippen molar-refractivity contribution in [2.75, 3.05) is 5.32 Å². The van der Waals surface area contributed by atoms with Crippen molar-refractivity contribution in [1.82, 2.24) is 20.6 Å². The first-order valence-corrected chi connectivity index (χ1v) is 10.1. The molecule has 2 aromatic carbocycles. The molecule has 0 aliphatic carbocycles. The zero-order chi connectivity index (χ0) is 20.9. The van der Waals surface area contributed by atoms with Crippen molar-refractivity contribution in [3.8, 4) is 5.75 Å². The van der Waals surface area contributed by atoms with Crippen LogP contribution in [-0.4, -0.2) is 32.3 Å². The van der Waals surface area contributed by atoms with Gasteiger partial charge in [-0.1, -0.05) is 43.2 Å². The summed E-state index contributed by atoms with van der Waals surface area (Å²) in [7, 11) is 0. The van der Waals surface area contributed by atoms with Gasteiger partial charge in [0.1, 0.15) is 0 Å². The molecule has 0 fully saturated rings. The smallest absolute Gasteiger partial charge is 0.255 e. The van der Waals surface area contributed by atoms with Gasteiger partial charge in [-0.25, -0.2) is 0 Å². The first-order valence-electron chi connectivity index (χ1n) is 10.1. The molecule has 0 saturated carbocycles. The third kappa shape index (κ3) is 4.22. The molecule has 154 valence electrons. The number of tetrazole rings is 1. The molecule has 1 aromatic heterocycles. The Bertz CT molecular complexity index is 1030. The van der Waals surface area contributed by atoms with Crippen LogP contribution in [0.5, 0.6) is 5.75 Å². The molecule has 1 amide bonds. The highest BCUT2D eigenvalue weighted by molar-refractivity contribution is 6.07. The van der Waals surface area contributed by atoms with Crippen LogP contribution in [0.4, 0.5) is 5.69 Å². The molecule has 0 spiro atoms. The van der Waals surface area contributed by atoms with E-state index < -0.39 is 6.10 Å². The lowest BCUT2D eigenvalue weighted by Gasteiger charge is -2.25. The molecular weight excluding hydrogens is 382 g/mol. The van der Waals surface area contributed by atoms with E-state index in [0.29, 0.717) is 28.4 Å². The number of nitrogens with zero attached hydrogens (tertiary/aromatic N) is 3. The molecule has 0 saturated heterocycles. The van der Waals surface area contributed by atoms with Gasteiger partial charge in [-0.2, -0.15) is 5.21 Å². The van der Waals surface area contributed by atoms with Crippen LogP contribution >= 0.6 is 0 Å². The van der Waals surface area contributed by atoms with E-state index in [1.807, 2.05) is 24.3 Å². The molecule has 4 rings (SSSR count). The van der Waals surface area contributed by atoms with Gasteiger partial charge >= 0.3 is 0 Å². The normalized spacial score (nSPS) is 15.4. The highest BCUT2D eigenvalue weighted by Crippen LogP contribution is 2.39. The molecule has 1 aliphatic heterocycles. The number of Topliss-reactive ketones (excluding diaryl/α,β-unsaturated/α-hetero) is 1. The molecule has 8 heteroatoms. The van der Waals surface area contributed by atoms with Crippen LogP contribution in [0.2, 0.25) is 0 Å². The molecule has 1 atom stereocenters. The number of hydrogen-bond acceptors (Lipinski definition) is 6. The Morgan fingerprint density at radius 2 is 2.03 bits per heavy atom. The van der Waals surface area contributed by atoms with Crippen molar-refractivity contribution in [3.63, 3.8) is 0 Å². The van der Waals surface area contributed by atoms with Gasteiger partial charge in [0.15, 0.2) is 17.6 Å². The van der Waals surface area contributed by atoms with E-state index in [4.69, 9.17) is 4.74 Å². The number of hydrogen-bond donors (Lipinski definition) is 2. The number of aryl methyl sites for hydroxylation is 1. The number of fused-ring (bicyclic) bond motifs is 1. The summed E-state index contributed by atoms with van der Waals surface area (Å²) in [4.78, 5) is 25.3. The molecule has 0 bridgehead atoms. The predicted molar refractivity (Wildman–Crippen MR) is 111 cm³/mol. The van der Waals surface area contributed by atoms with Crippen LogP contribution in [0.25, 0.3) is 0 Å². The van der Waals surface area contributed by atoms with Gasteiger partial charge < -0.3 is 10.1 Å². The summed E-state index contributed by atoms with van der Waals surface area (Å²) in [6.45, 7) is 2.18. The Labute approximate surface area is 174 Å². The van der Waals surface area contributed by atoms with Crippen molar-refractivity contribution >= 4 is 17.4 Å². The molecule has 2 N–H and O–H groups in total. The van der Waals surface area contributed by atoms with Crippen molar-refractivity contribution in [2.45, 2.75) is 45.1 Å². The lowest BCUT2D eigenvalue weighted by molar-refractivity contribution is 0.0838. The number of unbranched alkanes of at least 4 members (excludes halogenated alkanes) is 2. The summed E-state index contributed by atoms with van der Waals surface area (Å²) < 4.78 is 5.97. The summed E-state index contributed by atoms with van der Waals surface area (Å²) >= 11 is 0. The quantitative estimate of drug-likeness (QED) is 0.577. The van der Waals surface area contributed by atoms with Crippen molar-refractivity contribution < 1.29 is 14.3 Å². The molecule has 0 radical (unpaired) electrons. The first-order chi connectivity index (χ1) is 14.7. The SMILES string of the molecule is CCCCCc1ccc(C(=O)Nc2cccc3c2OC(c2nn[nH]n2)CC3=O)cc1. The van der Waals surface area contributed by atoms with Gasteiger partial charge in [-0.3, -0.25) is 9.59 Å². The molecule has 2 heterocycles. The van der Waals surface area contributed by atoms with Crippen LogP contribution in [0, 0.1) is 0 Å². The van der Waals surface area contributed by atoms with Crippen LogP contribution in [0.15, 0.2) is 42.5 Å². The molecule has 3 aromatic rings. The third-order valence-electron chi connectivity index (χ3n) is 5.13. The number of para-hydroxylation sites is 1. The van der Waals surface area contributed by atoms with Gasteiger partial charge in [0.05, 0.1) is 17.7 Å². The van der Waals surface area contributed by atoms with E-state index in [0.717, 1.165) is 12.8 Å². The maximum atomic E-state index is 12.8. The highest BCUT2D eigenvalue weighted by Gasteiger charge is 2.32. The van der Waals surface area contributed by atoms with Crippen LogP contribution in [0.3, 0.4) is 0 Å². The minimum absolute atomic E-state index is 0.0985. The summed E-state index contributed by atoms with van der Waals surface area (Å²) in [5, 5.41) is 16.6. The Hall–Kier alpha value is -3.55. The van der Waals surface area contributed by atoms with Crippen molar-refractivity contribution in [2.24, 2.45) is 0 Å². The van der Waals surface area contributed by atoms with E-state index >= 15 is 0 Å². The number of ether oxygens (including phenoxy) is 1. The maximum absolute atomic E-state index is 12.8. The Balaban J connectivity index is 1.51. The zero-order valence-corrected chi connectivity index (χ0v) is 16.7. The number of amides is 1. The topological polar surface area (TPSA) is 110 Å². The monoisotopic (exact) mass is 405 g/mol. The molecular formula is C22H23N5O3. The minimum Gasteiger partial charge on any atom is -0.479 e. The number of nitrogens with one attached hydrogen (secondary N) is 2. The lowest BCUT2D eigenvalue weighted by Crippen LogP contribution is -2.23. The summed E-state index contributed by atoms with van der Waals surface area (Å²) in [6.07, 6.45) is 4.00. The number of H-pyrrole nitrogens is 1. The van der Waals surface area contributed by atoms with Crippen LogP contribution in [0.1, 0.15) is 70.8 Å². The molecule has 1 unspecified atom stereocenters. The van der Waals surface area contributed by atoms with Crippen molar-refractivity contribution in [3.05, 3.63) is 65.0 Å². The second-order valence-corrected chi connectivity index (χ2v) is 7.29. The van der Waals surface area contributed by atoms with Gasteiger partial charge in [-0.05, 0) is 42.7 Å². The van der Waals surface area contributed by atoms with E-state index in [-0.39, 0.29) is 18.1 Å². The second-order valence-electron chi connectivity index (χ2n) is 7.29. The predicted octanol–water partition coefficient (Wildman–Crippen LogP) is 3.89. The number of ketones is 1. The number of anilines is 1. The highest BCUT2D eigenvalue weighted by atomic mass is 16.5. The van der Waals surface area contributed by atoms with Gasteiger partial charge in [0.25, 0.3) is 5.91 Å². The summed E-state index contributed by atoms with van der Waals surface area (Å²) in [5.41, 5.74) is 2.63. The standard InChI is InChI=1S/C22H23N5O3/c1-2-3-4-6-14-9-11-15(12-10-14)22(29)23-17-8-5-7-16-18(28)13-19(30-20(16)17)21-24-26-27-25-21/h5,7-12,19H,2-4,6,13H2,1H3,(H,23,29)(H,24,25,26,27). The molecule has 30 heavy (non-hydrogen) atoms. The lowest BCUT2D eigenvalue weighted by atomic mass is 9.99. The average Bonchev–Trinajstić information content (AvgIpc) is 3.30. The molecule has 8 nitrogen and oxygen atoms in total. The Morgan fingerprint density at radius 1 is 1.20 bits per heavy atom. The minimum atomic E-state index is -0.649.